The van der Waals surface area contributed by atoms with Crippen molar-refractivity contribution in [2.45, 2.75) is 58.9 Å². The fourth-order valence-corrected chi connectivity index (χ4v) is 4.82. The summed E-state index contributed by atoms with van der Waals surface area (Å²) in [5, 5.41) is 2.96. The van der Waals surface area contributed by atoms with Gasteiger partial charge >= 0.3 is 0 Å². The normalized spacial score (nSPS) is 14.7. The molecule has 1 heterocycles. The van der Waals surface area contributed by atoms with Crippen LogP contribution in [0.15, 0.2) is 47.0 Å². The van der Waals surface area contributed by atoms with Gasteiger partial charge in [-0.1, -0.05) is 38.1 Å². The molecule has 0 aromatic heterocycles. The number of Topliss-reactive ketones (excluding diaryl/α,β-unsaturated/α-hetero) is 1. The van der Waals surface area contributed by atoms with Crippen LogP contribution >= 0.6 is 0 Å². The fourth-order valence-electron chi connectivity index (χ4n) is 4.82. The highest BCUT2D eigenvalue weighted by atomic mass is 16.2. The molecule has 0 saturated carbocycles. The molecular formula is C29H34N4O3. The number of nitrogens with zero attached hydrogens (tertiary/aromatic N) is 2. The van der Waals surface area contributed by atoms with Crippen LogP contribution < -0.4 is 11.1 Å². The standard InChI is InChI=1S/C29H34N4O3/c1-3-12-33(13-4-2)29(36)23-15-21-9-10-22(16-25(21)32-27(30)17-23)28(35)31-18-19-8-11-24-20(14-19)6-5-7-26(24)34/h8-11,14-16H,3-7,12-13,17-18H2,1-2H3,(H2,30,32)(H,31,35). The molecule has 7 heteroatoms. The van der Waals surface area contributed by atoms with Crippen molar-refractivity contribution in [2.75, 3.05) is 13.1 Å². The van der Waals surface area contributed by atoms with Crippen molar-refractivity contribution in [3.63, 3.8) is 0 Å². The molecule has 0 bridgehead atoms. The van der Waals surface area contributed by atoms with Gasteiger partial charge in [-0.05, 0) is 55.0 Å². The Morgan fingerprint density at radius 2 is 1.83 bits per heavy atom. The summed E-state index contributed by atoms with van der Waals surface area (Å²) in [4.78, 5) is 44.5. The Labute approximate surface area is 212 Å². The minimum atomic E-state index is -0.220. The van der Waals surface area contributed by atoms with Crippen molar-refractivity contribution >= 4 is 35.2 Å². The van der Waals surface area contributed by atoms with E-state index >= 15 is 0 Å². The van der Waals surface area contributed by atoms with Crippen LogP contribution in [0.5, 0.6) is 0 Å². The number of nitrogens with two attached hydrogens (primary N) is 1. The van der Waals surface area contributed by atoms with Gasteiger partial charge in [-0.15, -0.1) is 0 Å². The molecule has 36 heavy (non-hydrogen) atoms. The second kappa shape index (κ2) is 11.3. The summed E-state index contributed by atoms with van der Waals surface area (Å²) >= 11 is 0. The number of carbonyl (C=O) groups excluding carboxylic acids is 3. The maximum Gasteiger partial charge on any atom is 0.251 e. The number of hydrogen-bond donors (Lipinski definition) is 2. The predicted octanol–water partition coefficient (Wildman–Crippen LogP) is 4.56. The summed E-state index contributed by atoms with van der Waals surface area (Å²) < 4.78 is 0. The van der Waals surface area contributed by atoms with Crippen molar-refractivity contribution in [1.29, 1.82) is 0 Å². The monoisotopic (exact) mass is 486 g/mol. The molecule has 4 rings (SSSR count). The molecule has 2 aromatic rings. The van der Waals surface area contributed by atoms with Gasteiger partial charge in [0.2, 0.25) is 5.91 Å². The molecule has 3 N–H and O–H groups in total. The van der Waals surface area contributed by atoms with Crippen molar-refractivity contribution < 1.29 is 14.4 Å². The van der Waals surface area contributed by atoms with Gasteiger partial charge in [-0.25, -0.2) is 4.99 Å². The van der Waals surface area contributed by atoms with Gasteiger partial charge in [0.05, 0.1) is 5.69 Å². The van der Waals surface area contributed by atoms with E-state index in [0.29, 0.717) is 48.7 Å². The van der Waals surface area contributed by atoms with Crippen LogP contribution in [0.25, 0.3) is 6.08 Å². The minimum absolute atomic E-state index is 0.0155. The SMILES string of the molecule is CCCN(CCC)C(=O)C1=Cc2ccc(C(=O)NCc3ccc4c(c3)CCCC4=O)cc2N=C(N)C1. The van der Waals surface area contributed by atoms with E-state index in [1.165, 1.54) is 0 Å². The summed E-state index contributed by atoms with van der Waals surface area (Å²) in [6.45, 7) is 5.89. The number of aliphatic imine (C=N–C) groups is 1. The molecule has 2 amide bonds. The second-order valence-electron chi connectivity index (χ2n) is 9.47. The lowest BCUT2D eigenvalue weighted by atomic mass is 9.89. The largest absolute Gasteiger partial charge is 0.387 e. The number of hydrogen-bond acceptors (Lipinski definition) is 5. The minimum Gasteiger partial charge on any atom is -0.387 e. The Morgan fingerprint density at radius 3 is 2.58 bits per heavy atom. The highest BCUT2D eigenvalue weighted by molar-refractivity contribution is 6.06. The van der Waals surface area contributed by atoms with Crippen molar-refractivity contribution in [2.24, 2.45) is 10.7 Å². The lowest BCUT2D eigenvalue weighted by molar-refractivity contribution is -0.127. The number of fused-ring (bicyclic) bond motifs is 2. The summed E-state index contributed by atoms with van der Waals surface area (Å²) in [5.74, 6) is 0.307. The third-order valence-electron chi connectivity index (χ3n) is 6.58. The van der Waals surface area contributed by atoms with Gasteiger partial charge in [-0.3, -0.25) is 14.4 Å². The summed E-state index contributed by atoms with van der Waals surface area (Å²) in [6, 6.07) is 11.0. The predicted molar refractivity (Wildman–Crippen MR) is 142 cm³/mol. The van der Waals surface area contributed by atoms with Crippen LogP contribution in [0.1, 0.15) is 83.4 Å². The van der Waals surface area contributed by atoms with Crippen LogP contribution in [-0.2, 0) is 17.8 Å². The van der Waals surface area contributed by atoms with Crippen LogP contribution in [0.4, 0.5) is 5.69 Å². The zero-order valence-electron chi connectivity index (χ0n) is 21.1. The maximum absolute atomic E-state index is 13.2. The fraction of sp³-hybridized carbons (Fsp3) is 0.379. The number of carbonyl (C=O) groups is 3. The highest BCUT2D eigenvalue weighted by Crippen LogP contribution is 2.29. The molecule has 0 radical (unpaired) electrons. The van der Waals surface area contributed by atoms with E-state index in [2.05, 4.69) is 24.2 Å². The molecule has 7 nitrogen and oxygen atoms in total. The highest BCUT2D eigenvalue weighted by Gasteiger charge is 2.22. The number of amides is 2. The number of ketones is 1. The van der Waals surface area contributed by atoms with Gasteiger partial charge in [0.1, 0.15) is 5.84 Å². The van der Waals surface area contributed by atoms with Gasteiger partial charge in [0.25, 0.3) is 5.91 Å². The quantitative estimate of drug-likeness (QED) is 0.571. The van der Waals surface area contributed by atoms with E-state index in [0.717, 1.165) is 47.9 Å². The first-order chi connectivity index (χ1) is 17.4. The first-order valence-electron chi connectivity index (χ1n) is 12.8. The Hall–Kier alpha value is -3.74. The van der Waals surface area contributed by atoms with E-state index in [1.807, 2.05) is 35.2 Å². The average molecular weight is 487 g/mol. The van der Waals surface area contributed by atoms with E-state index in [-0.39, 0.29) is 24.0 Å². The van der Waals surface area contributed by atoms with Crippen molar-refractivity contribution in [3.05, 3.63) is 69.8 Å². The molecule has 0 fully saturated rings. The molecule has 2 aromatic carbocycles. The molecular weight excluding hydrogens is 452 g/mol. The Kier molecular flexibility index (Phi) is 7.98. The topological polar surface area (TPSA) is 105 Å². The Bertz CT molecular complexity index is 1240. The van der Waals surface area contributed by atoms with Crippen molar-refractivity contribution in [1.82, 2.24) is 10.2 Å². The number of amidine groups is 1. The summed E-state index contributed by atoms with van der Waals surface area (Å²) in [7, 11) is 0. The van der Waals surface area contributed by atoms with Gasteiger partial charge in [0, 0.05) is 54.7 Å². The number of benzene rings is 2. The second-order valence-corrected chi connectivity index (χ2v) is 9.47. The molecule has 0 unspecified atom stereocenters. The third-order valence-corrected chi connectivity index (χ3v) is 6.58. The van der Waals surface area contributed by atoms with E-state index < -0.39 is 0 Å². The van der Waals surface area contributed by atoms with E-state index in [1.54, 1.807) is 12.1 Å². The lowest BCUT2D eigenvalue weighted by Crippen LogP contribution is -2.34. The van der Waals surface area contributed by atoms with Gasteiger partial charge in [-0.2, -0.15) is 0 Å². The molecule has 1 aliphatic heterocycles. The maximum atomic E-state index is 13.2. The Balaban J connectivity index is 1.49. The molecule has 0 saturated heterocycles. The van der Waals surface area contributed by atoms with Crippen LogP contribution in [0, 0.1) is 0 Å². The number of nitrogens with one attached hydrogen (secondary N) is 1. The zero-order chi connectivity index (χ0) is 25.7. The smallest absolute Gasteiger partial charge is 0.251 e. The zero-order valence-corrected chi connectivity index (χ0v) is 21.1. The van der Waals surface area contributed by atoms with Crippen LogP contribution in [0.3, 0.4) is 0 Å². The van der Waals surface area contributed by atoms with Crippen molar-refractivity contribution in [3.8, 4) is 0 Å². The average Bonchev–Trinajstić information content (AvgIpc) is 3.04. The molecule has 0 atom stereocenters. The van der Waals surface area contributed by atoms with Crippen LogP contribution in [-0.4, -0.2) is 41.4 Å². The lowest BCUT2D eigenvalue weighted by Gasteiger charge is -2.22. The van der Waals surface area contributed by atoms with E-state index in [4.69, 9.17) is 5.73 Å². The van der Waals surface area contributed by atoms with E-state index in [9.17, 15) is 14.4 Å². The molecule has 2 aliphatic rings. The number of rotatable bonds is 8. The summed E-state index contributed by atoms with van der Waals surface area (Å²) in [5.41, 5.74) is 11.4. The van der Waals surface area contributed by atoms with Gasteiger partial charge < -0.3 is 16.0 Å². The van der Waals surface area contributed by atoms with Crippen LogP contribution in [0.2, 0.25) is 0 Å². The first kappa shape index (κ1) is 25.4. The number of aryl methyl sites for hydroxylation is 1. The van der Waals surface area contributed by atoms with Gasteiger partial charge in [0.15, 0.2) is 5.78 Å². The first-order valence-corrected chi connectivity index (χ1v) is 12.8. The molecule has 188 valence electrons. The Morgan fingerprint density at radius 1 is 1.06 bits per heavy atom. The molecule has 1 aliphatic carbocycles. The molecule has 0 spiro atoms. The summed E-state index contributed by atoms with van der Waals surface area (Å²) in [6.07, 6.45) is 6.27. The third kappa shape index (κ3) is 5.73.